The Bertz CT molecular complexity index is 1110. The molecule has 2 aliphatic rings. The molecular formula is C21H25N3O4S2. The highest BCUT2D eigenvalue weighted by atomic mass is 32.2. The molecule has 160 valence electrons. The van der Waals surface area contributed by atoms with E-state index in [1.807, 2.05) is 24.3 Å². The maximum absolute atomic E-state index is 13.3. The molecular weight excluding hydrogens is 422 g/mol. The van der Waals surface area contributed by atoms with Crippen molar-refractivity contribution in [2.75, 3.05) is 11.1 Å². The Morgan fingerprint density at radius 1 is 1.20 bits per heavy atom. The van der Waals surface area contributed by atoms with Gasteiger partial charge in [-0.25, -0.2) is 8.42 Å². The minimum absolute atomic E-state index is 0.0845. The highest BCUT2D eigenvalue weighted by Gasteiger charge is 2.38. The number of nitrogens with zero attached hydrogens (tertiary/aromatic N) is 1. The summed E-state index contributed by atoms with van der Waals surface area (Å²) in [6, 6.07) is 6.69. The molecule has 30 heavy (non-hydrogen) atoms. The molecule has 1 aromatic carbocycles. The molecule has 2 amide bonds. The fraction of sp³-hybridized carbons (Fsp3) is 0.429. The quantitative estimate of drug-likeness (QED) is 0.733. The summed E-state index contributed by atoms with van der Waals surface area (Å²) in [5.41, 5.74) is 8.80. The molecule has 0 saturated heterocycles. The van der Waals surface area contributed by atoms with Crippen LogP contribution in [0.5, 0.6) is 0 Å². The molecule has 0 spiro atoms. The molecule has 0 unspecified atom stereocenters. The van der Waals surface area contributed by atoms with Gasteiger partial charge in [-0.05, 0) is 55.7 Å². The zero-order chi connectivity index (χ0) is 21.5. The lowest BCUT2D eigenvalue weighted by molar-refractivity contribution is -0.120. The van der Waals surface area contributed by atoms with Crippen molar-refractivity contribution in [3.63, 3.8) is 0 Å². The number of rotatable bonds is 5. The normalized spacial score (nSPS) is 19.0. The maximum Gasteiger partial charge on any atom is 0.251 e. The van der Waals surface area contributed by atoms with Crippen LogP contribution in [0.2, 0.25) is 0 Å². The number of hydrogen-bond donors (Lipinski definition) is 2. The van der Waals surface area contributed by atoms with Gasteiger partial charge in [0.25, 0.3) is 5.91 Å². The number of amides is 2. The van der Waals surface area contributed by atoms with Crippen molar-refractivity contribution in [3.05, 3.63) is 51.4 Å². The molecule has 4 rings (SSSR count). The van der Waals surface area contributed by atoms with Gasteiger partial charge in [0.1, 0.15) is 11.0 Å². The average Bonchev–Trinajstić information content (AvgIpc) is 3.10. The number of nitrogens with two attached hydrogens (primary N) is 1. The van der Waals surface area contributed by atoms with Crippen LogP contribution in [0.1, 0.15) is 51.7 Å². The molecule has 9 heteroatoms. The lowest BCUT2D eigenvalue weighted by atomic mass is 9.94. The third kappa shape index (κ3) is 3.77. The van der Waals surface area contributed by atoms with E-state index in [9.17, 15) is 18.0 Å². The van der Waals surface area contributed by atoms with Crippen LogP contribution >= 0.6 is 11.3 Å². The molecule has 0 bridgehead atoms. The second kappa shape index (κ2) is 8.13. The third-order valence-corrected chi connectivity index (χ3v) is 8.92. The van der Waals surface area contributed by atoms with Gasteiger partial charge in [0, 0.05) is 11.4 Å². The SMILES string of the molecule is CCS(=O)(=O)N1Cc2ccccc2C[C@@H]1C(=O)Nc1sc2c(c1C(N)=O)CCCC2. The standard InChI is InChI=1S/C21H25N3O4S2/c1-2-30(27,28)24-12-14-8-4-3-7-13(14)11-16(24)20(26)23-21-18(19(22)25)15-9-5-6-10-17(15)29-21/h3-4,7-8,16H,2,5-6,9-12H2,1H3,(H2,22,25)(H,23,26)/t16-/m1/s1. The smallest absolute Gasteiger partial charge is 0.251 e. The monoisotopic (exact) mass is 447 g/mol. The van der Waals surface area contributed by atoms with Gasteiger partial charge in [-0.3, -0.25) is 9.59 Å². The van der Waals surface area contributed by atoms with Crippen molar-refractivity contribution in [1.29, 1.82) is 0 Å². The Kier molecular flexibility index (Phi) is 5.69. The van der Waals surface area contributed by atoms with Crippen LogP contribution in [0.25, 0.3) is 0 Å². The lowest BCUT2D eigenvalue weighted by Crippen LogP contribution is -2.51. The number of benzene rings is 1. The first-order chi connectivity index (χ1) is 14.3. The zero-order valence-electron chi connectivity index (χ0n) is 16.8. The number of carbonyl (C=O) groups is 2. The zero-order valence-corrected chi connectivity index (χ0v) is 18.4. The second-order valence-electron chi connectivity index (χ2n) is 7.70. The Morgan fingerprint density at radius 3 is 2.60 bits per heavy atom. The molecule has 1 aliphatic heterocycles. The van der Waals surface area contributed by atoms with Crippen LogP contribution in [0.3, 0.4) is 0 Å². The van der Waals surface area contributed by atoms with Crippen LogP contribution in [-0.4, -0.2) is 36.3 Å². The van der Waals surface area contributed by atoms with Gasteiger partial charge in [0.15, 0.2) is 0 Å². The van der Waals surface area contributed by atoms with E-state index >= 15 is 0 Å². The molecule has 1 aromatic heterocycles. The van der Waals surface area contributed by atoms with E-state index in [2.05, 4.69) is 5.32 Å². The highest BCUT2D eigenvalue weighted by Crippen LogP contribution is 2.38. The summed E-state index contributed by atoms with van der Waals surface area (Å²) in [7, 11) is -3.59. The molecule has 0 saturated carbocycles. The van der Waals surface area contributed by atoms with Crippen LogP contribution < -0.4 is 11.1 Å². The largest absolute Gasteiger partial charge is 0.365 e. The van der Waals surface area contributed by atoms with E-state index in [0.717, 1.165) is 47.3 Å². The predicted octanol–water partition coefficient (Wildman–Crippen LogP) is 2.44. The first-order valence-corrected chi connectivity index (χ1v) is 12.6. The number of sulfonamides is 1. The molecule has 7 nitrogen and oxygen atoms in total. The van der Waals surface area contributed by atoms with Crippen LogP contribution in [-0.2, 0) is 40.6 Å². The van der Waals surface area contributed by atoms with E-state index in [4.69, 9.17) is 5.73 Å². The summed E-state index contributed by atoms with van der Waals surface area (Å²) in [5, 5.41) is 3.29. The third-order valence-electron chi connectivity index (χ3n) is 5.88. The second-order valence-corrected chi connectivity index (χ2v) is 11.0. The number of nitrogens with one attached hydrogen (secondary N) is 1. The Hall–Kier alpha value is -2.23. The van der Waals surface area contributed by atoms with Gasteiger partial charge in [-0.15, -0.1) is 11.3 Å². The summed E-state index contributed by atoms with van der Waals surface area (Å²) in [6.07, 6.45) is 3.95. The van der Waals surface area contributed by atoms with E-state index in [-0.39, 0.29) is 18.7 Å². The van der Waals surface area contributed by atoms with Crippen LogP contribution in [0, 0.1) is 0 Å². The van der Waals surface area contributed by atoms with Gasteiger partial charge in [-0.1, -0.05) is 24.3 Å². The number of aryl methyl sites for hydroxylation is 1. The fourth-order valence-corrected chi connectivity index (χ4v) is 6.81. The van der Waals surface area contributed by atoms with E-state index in [0.29, 0.717) is 10.6 Å². The number of fused-ring (bicyclic) bond motifs is 2. The fourth-order valence-electron chi connectivity index (χ4n) is 4.29. The number of hydrogen-bond acceptors (Lipinski definition) is 5. The van der Waals surface area contributed by atoms with Crippen molar-refractivity contribution in [3.8, 4) is 0 Å². The van der Waals surface area contributed by atoms with Crippen molar-refractivity contribution in [2.24, 2.45) is 5.73 Å². The molecule has 2 heterocycles. The maximum atomic E-state index is 13.3. The van der Waals surface area contributed by atoms with E-state index in [1.54, 1.807) is 6.92 Å². The van der Waals surface area contributed by atoms with E-state index in [1.165, 1.54) is 15.6 Å². The van der Waals surface area contributed by atoms with Crippen molar-refractivity contribution in [2.45, 2.75) is 51.6 Å². The first kappa shape index (κ1) is 21.0. The number of carbonyl (C=O) groups excluding carboxylic acids is 2. The Labute approximate surface area is 180 Å². The van der Waals surface area contributed by atoms with Gasteiger partial charge < -0.3 is 11.1 Å². The highest BCUT2D eigenvalue weighted by molar-refractivity contribution is 7.89. The van der Waals surface area contributed by atoms with Crippen LogP contribution in [0.4, 0.5) is 5.00 Å². The van der Waals surface area contributed by atoms with Crippen molar-refractivity contribution < 1.29 is 18.0 Å². The number of anilines is 1. The molecule has 3 N–H and O–H groups in total. The van der Waals surface area contributed by atoms with E-state index < -0.39 is 27.9 Å². The first-order valence-electron chi connectivity index (χ1n) is 10.1. The van der Waals surface area contributed by atoms with Gasteiger partial charge in [0.2, 0.25) is 15.9 Å². The molecule has 1 aliphatic carbocycles. The molecule has 1 atom stereocenters. The topological polar surface area (TPSA) is 110 Å². The average molecular weight is 448 g/mol. The van der Waals surface area contributed by atoms with Gasteiger partial charge >= 0.3 is 0 Å². The Morgan fingerprint density at radius 2 is 1.90 bits per heavy atom. The predicted molar refractivity (Wildman–Crippen MR) is 117 cm³/mol. The van der Waals surface area contributed by atoms with Crippen molar-refractivity contribution in [1.82, 2.24) is 4.31 Å². The van der Waals surface area contributed by atoms with Gasteiger partial charge in [-0.2, -0.15) is 4.31 Å². The Balaban J connectivity index is 1.68. The minimum atomic E-state index is -3.59. The van der Waals surface area contributed by atoms with Crippen LogP contribution in [0.15, 0.2) is 24.3 Å². The summed E-state index contributed by atoms with van der Waals surface area (Å²) < 4.78 is 26.8. The lowest BCUT2D eigenvalue weighted by Gasteiger charge is -2.34. The summed E-state index contributed by atoms with van der Waals surface area (Å²) in [6.45, 7) is 1.73. The minimum Gasteiger partial charge on any atom is -0.365 e. The number of thiophene rings is 1. The molecule has 0 radical (unpaired) electrons. The summed E-state index contributed by atoms with van der Waals surface area (Å²) >= 11 is 1.38. The summed E-state index contributed by atoms with van der Waals surface area (Å²) in [5.74, 6) is -1.07. The molecule has 0 fully saturated rings. The summed E-state index contributed by atoms with van der Waals surface area (Å²) in [4.78, 5) is 26.5. The van der Waals surface area contributed by atoms with Gasteiger partial charge in [0.05, 0.1) is 11.3 Å². The number of primary amides is 1. The van der Waals surface area contributed by atoms with Crippen molar-refractivity contribution >= 4 is 38.2 Å². The molecule has 2 aromatic rings.